The number of carbonyl (C=O) groups excluding carboxylic acids is 2. The molecule has 2 aromatic rings. The third-order valence-electron chi connectivity index (χ3n) is 3.31. The van der Waals surface area contributed by atoms with Crippen LogP contribution in [0.4, 0.5) is 24.7 Å². The minimum absolute atomic E-state index is 0.0960. The van der Waals surface area contributed by atoms with Crippen molar-refractivity contribution in [2.45, 2.75) is 6.36 Å². The van der Waals surface area contributed by atoms with Gasteiger partial charge in [-0.25, -0.2) is 4.98 Å². The molecule has 0 fully saturated rings. The molecule has 1 N–H and O–H groups in total. The van der Waals surface area contributed by atoms with E-state index in [1.165, 1.54) is 18.3 Å². The standard InChI is InChI=1S/C16H12F3N3O4/c17-16(18,19)26-11-4-1-3-10(7-11)21-13(23)8-22-14(24)9-25-12-5-2-6-20-15(12)22/h1-7H,8-9H2,(H,21,23). The Balaban J connectivity index is 1.70. The van der Waals surface area contributed by atoms with Crippen molar-refractivity contribution in [3.8, 4) is 11.5 Å². The van der Waals surface area contributed by atoms with Gasteiger partial charge in [0, 0.05) is 18.0 Å². The van der Waals surface area contributed by atoms with Gasteiger partial charge in [-0.05, 0) is 24.3 Å². The number of nitrogens with zero attached hydrogens (tertiary/aromatic N) is 2. The average Bonchev–Trinajstić information content (AvgIpc) is 2.56. The number of rotatable bonds is 4. The number of hydrogen-bond donors (Lipinski definition) is 1. The first-order valence-electron chi connectivity index (χ1n) is 7.36. The zero-order valence-electron chi connectivity index (χ0n) is 13.1. The Kier molecular flexibility index (Phi) is 4.65. The van der Waals surface area contributed by atoms with Crippen molar-refractivity contribution in [1.29, 1.82) is 0 Å². The molecule has 2 heterocycles. The molecule has 0 unspecified atom stereocenters. The Bertz CT molecular complexity index is 841. The van der Waals surface area contributed by atoms with Crippen LogP contribution in [0.5, 0.6) is 11.5 Å². The lowest BCUT2D eigenvalue weighted by atomic mass is 10.3. The summed E-state index contributed by atoms with van der Waals surface area (Å²) in [5.41, 5.74) is 0.0960. The first kappa shape index (κ1) is 17.5. The van der Waals surface area contributed by atoms with Gasteiger partial charge in [0.25, 0.3) is 5.91 Å². The first-order valence-corrected chi connectivity index (χ1v) is 7.36. The van der Waals surface area contributed by atoms with Crippen molar-refractivity contribution in [3.05, 3.63) is 42.6 Å². The monoisotopic (exact) mass is 367 g/mol. The van der Waals surface area contributed by atoms with Crippen LogP contribution in [0.15, 0.2) is 42.6 Å². The minimum Gasteiger partial charge on any atom is -0.480 e. The van der Waals surface area contributed by atoms with Crippen molar-refractivity contribution >= 4 is 23.3 Å². The third kappa shape index (κ3) is 4.21. The van der Waals surface area contributed by atoms with Crippen LogP contribution in [0.3, 0.4) is 0 Å². The largest absolute Gasteiger partial charge is 0.573 e. The van der Waals surface area contributed by atoms with Crippen LogP contribution in [0.1, 0.15) is 0 Å². The number of carbonyl (C=O) groups is 2. The summed E-state index contributed by atoms with van der Waals surface area (Å²) in [5, 5.41) is 2.42. The quantitative estimate of drug-likeness (QED) is 0.897. The van der Waals surface area contributed by atoms with Crippen molar-refractivity contribution < 1.29 is 32.2 Å². The first-order chi connectivity index (χ1) is 12.3. The Morgan fingerprint density at radius 3 is 2.88 bits per heavy atom. The predicted molar refractivity (Wildman–Crippen MR) is 83.8 cm³/mol. The van der Waals surface area contributed by atoms with Crippen LogP contribution in [0.2, 0.25) is 0 Å². The molecule has 0 atom stereocenters. The number of nitrogens with one attached hydrogen (secondary N) is 1. The minimum atomic E-state index is -4.84. The van der Waals surface area contributed by atoms with Gasteiger partial charge in [0.1, 0.15) is 12.3 Å². The second-order valence-electron chi connectivity index (χ2n) is 5.22. The Morgan fingerprint density at radius 1 is 1.31 bits per heavy atom. The molecule has 2 amide bonds. The Morgan fingerprint density at radius 2 is 2.12 bits per heavy atom. The number of alkyl halides is 3. The molecule has 0 saturated carbocycles. The molecule has 0 bridgehead atoms. The van der Waals surface area contributed by atoms with E-state index in [2.05, 4.69) is 15.0 Å². The van der Waals surface area contributed by atoms with Gasteiger partial charge in [-0.15, -0.1) is 13.2 Å². The molecule has 10 heteroatoms. The predicted octanol–water partition coefficient (Wildman–Crippen LogP) is 2.34. The number of anilines is 2. The van der Waals surface area contributed by atoms with Crippen LogP contribution < -0.4 is 19.7 Å². The van der Waals surface area contributed by atoms with Gasteiger partial charge in [0.05, 0.1) is 0 Å². The van der Waals surface area contributed by atoms with Gasteiger partial charge in [0.15, 0.2) is 18.2 Å². The normalized spacial score (nSPS) is 13.7. The summed E-state index contributed by atoms with van der Waals surface area (Å²) in [7, 11) is 0. The van der Waals surface area contributed by atoms with Crippen molar-refractivity contribution in [3.63, 3.8) is 0 Å². The number of aromatic nitrogens is 1. The molecular formula is C16H12F3N3O4. The Hall–Kier alpha value is -3.30. The van der Waals surface area contributed by atoms with E-state index in [-0.39, 0.29) is 24.7 Å². The highest BCUT2D eigenvalue weighted by atomic mass is 19.4. The van der Waals surface area contributed by atoms with Crippen LogP contribution in [0, 0.1) is 0 Å². The average molecular weight is 367 g/mol. The second-order valence-corrected chi connectivity index (χ2v) is 5.22. The van der Waals surface area contributed by atoms with Crippen LogP contribution >= 0.6 is 0 Å². The lowest BCUT2D eigenvalue weighted by Crippen LogP contribution is -2.43. The molecule has 0 saturated heterocycles. The summed E-state index contributed by atoms with van der Waals surface area (Å²) in [6.45, 7) is -0.600. The fourth-order valence-electron chi connectivity index (χ4n) is 2.31. The topological polar surface area (TPSA) is 80.8 Å². The molecular weight excluding hydrogens is 355 g/mol. The zero-order chi connectivity index (χ0) is 18.7. The van der Waals surface area contributed by atoms with E-state index in [0.29, 0.717) is 5.75 Å². The molecule has 1 aromatic carbocycles. The molecule has 0 radical (unpaired) electrons. The fourth-order valence-corrected chi connectivity index (χ4v) is 2.31. The highest BCUT2D eigenvalue weighted by Crippen LogP contribution is 2.29. The zero-order valence-corrected chi connectivity index (χ0v) is 13.1. The van der Waals surface area contributed by atoms with Gasteiger partial charge in [0.2, 0.25) is 5.91 Å². The lowest BCUT2D eigenvalue weighted by Gasteiger charge is -2.27. The van der Waals surface area contributed by atoms with Gasteiger partial charge < -0.3 is 14.8 Å². The number of benzene rings is 1. The van der Waals surface area contributed by atoms with Crippen molar-refractivity contribution in [2.75, 3.05) is 23.4 Å². The lowest BCUT2D eigenvalue weighted by molar-refractivity contribution is -0.274. The SMILES string of the molecule is O=C(CN1C(=O)COc2cccnc21)Nc1cccc(OC(F)(F)F)c1. The summed E-state index contributed by atoms with van der Waals surface area (Å²) < 4.78 is 45.8. The molecule has 1 aliphatic heterocycles. The highest BCUT2D eigenvalue weighted by Gasteiger charge is 2.31. The third-order valence-corrected chi connectivity index (χ3v) is 3.31. The van der Waals surface area contributed by atoms with E-state index < -0.39 is 23.9 Å². The summed E-state index contributed by atoms with van der Waals surface area (Å²) >= 11 is 0. The summed E-state index contributed by atoms with van der Waals surface area (Å²) in [6, 6.07) is 8.06. The fraction of sp³-hybridized carbons (Fsp3) is 0.188. The highest BCUT2D eigenvalue weighted by molar-refractivity contribution is 6.04. The number of pyridine rings is 1. The maximum absolute atomic E-state index is 12.3. The van der Waals surface area contributed by atoms with Crippen LogP contribution in [0.25, 0.3) is 0 Å². The summed E-state index contributed by atoms with van der Waals surface area (Å²) in [4.78, 5) is 29.4. The Labute approximate surface area is 145 Å². The van der Waals surface area contributed by atoms with Crippen molar-refractivity contribution in [1.82, 2.24) is 4.98 Å². The number of fused-ring (bicyclic) bond motifs is 1. The number of amides is 2. The van der Waals surface area contributed by atoms with Gasteiger partial charge in [-0.2, -0.15) is 0 Å². The number of ether oxygens (including phenoxy) is 2. The van der Waals surface area contributed by atoms with E-state index in [4.69, 9.17) is 4.74 Å². The van der Waals surface area contributed by atoms with E-state index >= 15 is 0 Å². The maximum Gasteiger partial charge on any atom is 0.573 e. The molecule has 0 aliphatic carbocycles. The molecule has 1 aromatic heterocycles. The van der Waals surface area contributed by atoms with E-state index in [9.17, 15) is 22.8 Å². The molecule has 1 aliphatic rings. The van der Waals surface area contributed by atoms with Crippen LogP contribution in [-0.4, -0.2) is 36.3 Å². The smallest absolute Gasteiger partial charge is 0.480 e. The molecule has 7 nitrogen and oxygen atoms in total. The van der Waals surface area contributed by atoms with E-state index in [1.54, 1.807) is 12.1 Å². The molecule has 136 valence electrons. The van der Waals surface area contributed by atoms with Gasteiger partial charge in [-0.3, -0.25) is 14.5 Å². The number of halogens is 3. The maximum atomic E-state index is 12.3. The summed E-state index contributed by atoms with van der Waals surface area (Å²) in [6.07, 6.45) is -3.39. The number of hydrogen-bond acceptors (Lipinski definition) is 5. The van der Waals surface area contributed by atoms with Crippen LogP contribution in [-0.2, 0) is 9.59 Å². The van der Waals surface area contributed by atoms with Crippen molar-refractivity contribution in [2.24, 2.45) is 0 Å². The van der Waals surface area contributed by atoms with Gasteiger partial charge in [-0.1, -0.05) is 6.07 Å². The van der Waals surface area contributed by atoms with E-state index in [1.807, 2.05) is 0 Å². The second kappa shape index (κ2) is 6.90. The molecule has 0 spiro atoms. The van der Waals surface area contributed by atoms with Gasteiger partial charge >= 0.3 is 6.36 Å². The van der Waals surface area contributed by atoms with E-state index in [0.717, 1.165) is 17.0 Å². The molecule has 26 heavy (non-hydrogen) atoms. The summed E-state index contributed by atoms with van der Waals surface area (Å²) in [5.74, 6) is -0.972. The molecule has 3 rings (SSSR count).